The molecule has 1 aromatic heterocycles. The van der Waals surface area contributed by atoms with Crippen molar-refractivity contribution in [3.05, 3.63) is 23.5 Å². The quantitative estimate of drug-likeness (QED) is 0.781. The second-order valence-electron chi connectivity index (χ2n) is 4.45. The van der Waals surface area contributed by atoms with Gasteiger partial charge >= 0.3 is 0 Å². The van der Waals surface area contributed by atoms with Crippen LogP contribution in [0.25, 0.3) is 0 Å². The van der Waals surface area contributed by atoms with Gasteiger partial charge in [-0.1, -0.05) is 0 Å². The van der Waals surface area contributed by atoms with Crippen LogP contribution in [0.4, 0.5) is 0 Å². The van der Waals surface area contributed by atoms with E-state index in [1.807, 2.05) is 39.8 Å². The van der Waals surface area contributed by atoms with Gasteiger partial charge in [0.05, 0.1) is 5.41 Å². The van der Waals surface area contributed by atoms with Crippen molar-refractivity contribution in [2.24, 2.45) is 11.1 Å². The van der Waals surface area contributed by atoms with E-state index in [1.165, 1.54) is 0 Å². The van der Waals surface area contributed by atoms with Gasteiger partial charge in [0.1, 0.15) is 0 Å². The minimum absolute atomic E-state index is 0.259. The topological polar surface area (TPSA) is 48.0 Å². The summed E-state index contributed by atoms with van der Waals surface area (Å²) in [6.45, 7) is 8.45. The van der Waals surface area contributed by atoms with E-state index in [0.717, 1.165) is 11.4 Å². The molecule has 1 rings (SSSR count). The molecule has 78 valence electrons. The molecule has 2 N–H and O–H groups in total. The molecule has 0 saturated heterocycles. The van der Waals surface area contributed by atoms with Crippen molar-refractivity contribution in [3.63, 3.8) is 0 Å². The van der Waals surface area contributed by atoms with Crippen LogP contribution in [0, 0.1) is 19.3 Å². The Bertz CT molecular complexity index is 331. The fraction of sp³-hybridized carbons (Fsp3) is 0.545. The van der Waals surface area contributed by atoms with Crippen LogP contribution >= 0.6 is 0 Å². The summed E-state index contributed by atoms with van der Waals surface area (Å²) in [6.07, 6.45) is 0. The summed E-state index contributed by atoms with van der Waals surface area (Å²) < 4.78 is 2.12. The van der Waals surface area contributed by atoms with Crippen molar-refractivity contribution in [2.75, 3.05) is 0 Å². The number of aryl methyl sites for hydroxylation is 2. The predicted octanol–water partition coefficient (Wildman–Crippen LogP) is 1.62. The Balaban J connectivity index is 2.94. The third kappa shape index (κ3) is 1.97. The SMILES string of the molecule is Cc1ccc(C)n1CC(C)(C)C(N)=O. The molecule has 0 aromatic carbocycles. The van der Waals surface area contributed by atoms with Gasteiger partial charge in [0.25, 0.3) is 0 Å². The van der Waals surface area contributed by atoms with Crippen molar-refractivity contribution in [2.45, 2.75) is 34.2 Å². The summed E-state index contributed by atoms with van der Waals surface area (Å²) in [5.41, 5.74) is 7.17. The fourth-order valence-corrected chi connectivity index (χ4v) is 1.42. The summed E-state index contributed by atoms with van der Waals surface area (Å²) >= 11 is 0. The lowest BCUT2D eigenvalue weighted by molar-refractivity contribution is -0.126. The third-order valence-corrected chi connectivity index (χ3v) is 2.64. The number of carbonyl (C=O) groups excluding carboxylic acids is 1. The van der Waals surface area contributed by atoms with Gasteiger partial charge in [0.15, 0.2) is 0 Å². The first kappa shape index (κ1) is 10.8. The number of hydrogen-bond donors (Lipinski definition) is 1. The molecule has 1 amide bonds. The lowest BCUT2D eigenvalue weighted by Gasteiger charge is -2.23. The first-order valence-corrected chi connectivity index (χ1v) is 4.77. The molecule has 14 heavy (non-hydrogen) atoms. The smallest absolute Gasteiger partial charge is 0.224 e. The molecule has 0 spiro atoms. The first-order chi connectivity index (χ1) is 6.34. The van der Waals surface area contributed by atoms with E-state index >= 15 is 0 Å². The van der Waals surface area contributed by atoms with Crippen LogP contribution in [0.2, 0.25) is 0 Å². The molecule has 0 aliphatic carbocycles. The Morgan fingerprint density at radius 3 is 2.14 bits per heavy atom. The standard InChI is InChI=1S/C11H18N2O/c1-8-5-6-9(2)13(8)7-11(3,4)10(12)14/h5-6H,7H2,1-4H3,(H2,12,14). The lowest BCUT2D eigenvalue weighted by atomic mass is 9.92. The Kier molecular flexibility index (Phi) is 2.69. The van der Waals surface area contributed by atoms with Gasteiger partial charge in [-0.2, -0.15) is 0 Å². The monoisotopic (exact) mass is 194 g/mol. The molecule has 0 unspecified atom stereocenters. The van der Waals surface area contributed by atoms with Crippen molar-refractivity contribution in [1.82, 2.24) is 4.57 Å². The maximum absolute atomic E-state index is 11.2. The number of amides is 1. The summed E-state index contributed by atoms with van der Waals surface area (Å²) in [6, 6.07) is 4.10. The fourth-order valence-electron chi connectivity index (χ4n) is 1.42. The second kappa shape index (κ2) is 3.48. The molecular formula is C11H18N2O. The minimum Gasteiger partial charge on any atom is -0.369 e. The van der Waals surface area contributed by atoms with Gasteiger partial charge in [-0.3, -0.25) is 4.79 Å². The Labute approximate surface area is 84.9 Å². The van der Waals surface area contributed by atoms with Crippen LogP contribution in [0.3, 0.4) is 0 Å². The molecule has 3 heteroatoms. The van der Waals surface area contributed by atoms with E-state index < -0.39 is 5.41 Å². The molecular weight excluding hydrogens is 176 g/mol. The highest BCUT2D eigenvalue weighted by Gasteiger charge is 2.26. The maximum atomic E-state index is 11.2. The molecule has 1 aromatic rings. The van der Waals surface area contributed by atoms with E-state index in [4.69, 9.17) is 5.73 Å². The molecule has 3 nitrogen and oxygen atoms in total. The molecule has 0 bridgehead atoms. The van der Waals surface area contributed by atoms with E-state index in [-0.39, 0.29) is 5.91 Å². The van der Waals surface area contributed by atoms with Crippen LogP contribution in [0.15, 0.2) is 12.1 Å². The first-order valence-electron chi connectivity index (χ1n) is 4.77. The number of hydrogen-bond acceptors (Lipinski definition) is 1. The zero-order valence-corrected chi connectivity index (χ0v) is 9.29. The number of primary amides is 1. The number of carbonyl (C=O) groups is 1. The van der Waals surface area contributed by atoms with E-state index in [2.05, 4.69) is 4.57 Å². The zero-order chi connectivity index (χ0) is 10.9. The van der Waals surface area contributed by atoms with E-state index in [1.54, 1.807) is 0 Å². The molecule has 0 aliphatic rings. The normalized spacial score (nSPS) is 11.7. The van der Waals surface area contributed by atoms with Crippen molar-refractivity contribution in [3.8, 4) is 0 Å². The van der Waals surface area contributed by atoms with E-state index in [0.29, 0.717) is 6.54 Å². The summed E-state index contributed by atoms with van der Waals surface area (Å²) in [5.74, 6) is -0.259. The highest BCUT2D eigenvalue weighted by atomic mass is 16.1. The minimum atomic E-state index is -0.492. The van der Waals surface area contributed by atoms with Crippen molar-refractivity contribution >= 4 is 5.91 Å². The average Bonchev–Trinajstić information content (AvgIpc) is 2.35. The number of aromatic nitrogens is 1. The Morgan fingerprint density at radius 1 is 1.36 bits per heavy atom. The van der Waals surface area contributed by atoms with Crippen LogP contribution < -0.4 is 5.73 Å². The highest BCUT2D eigenvalue weighted by Crippen LogP contribution is 2.20. The molecule has 1 heterocycles. The Morgan fingerprint density at radius 2 is 1.79 bits per heavy atom. The van der Waals surface area contributed by atoms with Gasteiger partial charge in [-0.25, -0.2) is 0 Å². The summed E-state index contributed by atoms with van der Waals surface area (Å²) in [4.78, 5) is 11.2. The van der Waals surface area contributed by atoms with Crippen LogP contribution in [-0.2, 0) is 11.3 Å². The van der Waals surface area contributed by atoms with Crippen LogP contribution in [-0.4, -0.2) is 10.5 Å². The predicted molar refractivity (Wildman–Crippen MR) is 56.9 cm³/mol. The van der Waals surface area contributed by atoms with Gasteiger partial charge in [0, 0.05) is 17.9 Å². The van der Waals surface area contributed by atoms with Crippen molar-refractivity contribution < 1.29 is 4.79 Å². The number of nitrogens with two attached hydrogens (primary N) is 1. The molecule has 0 atom stereocenters. The number of nitrogens with zero attached hydrogens (tertiary/aromatic N) is 1. The molecule has 0 aliphatic heterocycles. The third-order valence-electron chi connectivity index (χ3n) is 2.64. The zero-order valence-electron chi connectivity index (χ0n) is 9.29. The van der Waals surface area contributed by atoms with Gasteiger partial charge in [-0.05, 0) is 39.8 Å². The summed E-state index contributed by atoms with van der Waals surface area (Å²) in [7, 11) is 0. The van der Waals surface area contributed by atoms with Gasteiger partial charge < -0.3 is 10.3 Å². The Hall–Kier alpha value is -1.25. The van der Waals surface area contributed by atoms with Crippen molar-refractivity contribution in [1.29, 1.82) is 0 Å². The highest BCUT2D eigenvalue weighted by molar-refractivity contribution is 5.79. The second-order valence-corrected chi connectivity index (χ2v) is 4.45. The lowest BCUT2D eigenvalue weighted by Crippen LogP contribution is -2.35. The van der Waals surface area contributed by atoms with Gasteiger partial charge in [-0.15, -0.1) is 0 Å². The largest absolute Gasteiger partial charge is 0.369 e. The van der Waals surface area contributed by atoms with Gasteiger partial charge in [0.2, 0.25) is 5.91 Å². The van der Waals surface area contributed by atoms with Crippen LogP contribution in [0.1, 0.15) is 25.2 Å². The molecule has 0 saturated carbocycles. The summed E-state index contributed by atoms with van der Waals surface area (Å²) in [5, 5.41) is 0. The maximum Gasteiger partial charge on any atom is 0.224 e. The van der Waals surface area contributed by atoms with E-state index in [9.17, 15) is 4.79 Å². The van der Waals surface area contributed by atoms with Crippen LogP contribution in [0.5, 0.6) is 0 Å². The molecule has 0 fully saturated rings. The number of rotatable bonds is 3. The molecule has 0 radical (unpaired) electrons. The average molecular weight is 194 g/mol.